The summed E-state index contributed by atoms with van der Waals surface area (Å²) in [6, 6.07) is 54.6. The molecule has 0 aliphatic heterocycles. The number of benzene rings is 6. The summed E-state index contributed by atoms with van der Waals surface area (Å²) < 4.78 is 0. The Morgan fingerprint density at radius 1 is 0.660 bits per heavy atom. The van der Waals surface area contributed by atoms with E-state index in [1.54, 1.807) is 4.80 Å². The van der Waals surface area contributed by atoms with E-state index in [1.165, 1.54) is 16.7 Å². The van der Waals surface area contributed by atoms with Gasteiger partial charge in [0.15, 0.2) is 5.54 Å². The van der Waals surface area contributed by atoms with Crippen molar-refractivity contribution in [1.82, 2.24) is 25.2 Å². The molecule has 1 fully saturated rings. The third-order valence-electron chi connectivity index (χ3n) is 10.6. The quantitative estimate of drug-likeness (QED) is 0.145. The average molecular weight is 690 g/mol. The lowest BCUT2D eigenvalue weighted by Crippen LogP contribution is -2.39. The van der Waals surface area contributed by atoms with Crippen molar-refractivity contribution >= 4 is 10.9 Å². The molecule has 0 amide bonds. The molecular formula is C47H39N5O. The first-order valence-corrected chi connectivity index (χ1v) is 18.3. The lowest BCUT2D eigenvalue weighted by atomic mass is 9.77. The molecule has 8 aromatic rings. The van der Waals surface area contributed by atoms with E-state index in [0.29, 0.717) is 11.7 Å². The summed E-state index contributed by atoms with van der Waals surface area (Å²) in [6.07, 6.45) is 3.02. The minimum Gasteiger partial charge on any atom is -0.392 e. The fraction of sp³-hybridized carbons (Fsp3) is 0.149. The van der Waals surface area contributed by atoms with Crippen LogP contribution in [-0.2, 0) is 18.6 Å². The molecule has 2 heterocycles. The molecule has 1 saturated carbocycles. The SMILES string of the molecule is Cc1ccc2nc(C3CC3)c(Cc3ccc(-c4ccccc4-c4nnn(C(c5ccccc5)(c5ccccc5)c5ccccc5)n4)cc3)c(CO)c2c1. The number of aryl methyl sites for hydroxylation is 1. The number of hydrogen-bond acceptors (Lipinski definition) is 5. The lowest BCUT2D eigenvalue weighted by Gasteiger charge is -2.34. The number of aliphatic hydroxyl groups excluding tert-OH is 1. The molecule has 2 aromatic heterocycles. The van der Waals surface area contributed by atoms with E-state index in [4.69, 9.17) is 20.4 Å². The van der Waals surface area contributed by atoms with Gasteiger partial charge in [-0.15, -0.1) is 15.0 Å². The maximum absolute atomic E-state index is 10.6. The van der Waals surface area contributed by atoms with Gasteiger partial charge >= 0.3 is 0 Å². The van der Waals surface area contributed by atoms with E-state index >= 15 is 0 Å². The van der Waals surface area contributed by atoms with Crippen LogP contribution in [0.5, 0.6) is 0 Å². The Hall–Kier alpha value is -6.24. The van der Waals surface area contributed by atoms with Gasteiger partial charge in [-0.2, -0.15) is 0 Å². The Bertz CT molecular complexity index is 2430. The number of aromatic nitrogens is 5. The Balaban J connectivity index is 1.10. The molecule has 0 radical (unpaired) electrons. The minimum absolute atomic E-state index is 0.00320. The first-order valence-electron chi connectivity index (χ1n) is 18.3. The van der Waals surface area contributed by atoms with Crippen LogP contribution in [0.3, 0.4) is 0 Å². The van der Waals surface area contributed by atoms with Gasteiger partial charge in [0.25, 0.3) is 0 Å². The van der Waals surface area contributed by atoms with Gasteiger partial charge < -0.3 is 5.11 Å². The van der Waals surface area contributed by atoms with Gasteiger partial charge in [0.2, 0.25) is 5.82 Å². The molecule has 9 rings (SSSR count). The normalized spacial score (nSPS) is 13.0. The second-order valence-corrected chi connectivity index (χ2v) is 14.0. The first kappa shape index (κ1) is 32.7. The monoisotopic (exact) mass is 689 g/mol. The van der Waals surface area contributed by atoms with Crippen molar-refractivity contribution < 1.29 is 5.11 Å². The van der Waals surface area contributed by atoms with Crippen LogP contribution in [0.4, 0.5) is 0 Å². The molecule has 0 saturated heterocycles. The molecule has 6 nitrogen and oxygen atoms in total. The molecule has 6 heteroatoms. The van der Waals surface area contributed by atoms with Crippen molar-refractivity contribution in [1.29, 1.82) is 0 Å². The fourth-order valence-electron chi connectivity index (χ4n) is 7.86. The summed E-state index contributed by atoms with van der Waals surface area (Å²) in [5.41, 5.74) is 11.9. The van der Waals surface area contributed by atoms with Gasteiger partial charge in [-0.3, -0.25) is 4.98 Å². The van der Waals surface area contributed by atoms with E-state index in [-0.39, 0.29) is 6.61 Å². The van der Waals surface area contributed by atoms with Crippen LogP contribution in [0.2, 0.25) is 0 Å². The standard InChI is InChI=1S/C47H39N5O/c1-32-21-28-44-41(29-32)43(31-53)42(45(48-44)35-26-27-35)30-33-22-24-34(25-23-33)39-19-11-12-20-40(39)46-49-51-52(50-46)47(36-13-5-2-6-14-36,37-15-7-3-8-16-37)38-17-9-4-10-18-38/h2-25,28-29,35,53H,26-27,30-31H2,1H3. The number of aliphatic hydroxyl groups is 1. The molecule has 258 valence electrons. The topological polar surface area (TPSA) is 76.7 Å². The number of hydrogen-bond donors (Lipinski definition) is 1. The highest BCUT2D eigenvalue weighted by atomic mass is 16.3. The zero-order valence-electron chi connectivity index (χ0n) is 29.6. The molecular weight excluding hydrogens is 651 g/mol. The predicted molar refractivity (Wildman–Crippen MR) is 210 cm³/mol. The Morgan fingerprint density at radius 2 is 1.25 bits per heavy atom. The summed E-state index contributed by atoms with van der Waals surface area (Å²) in [5, 5.41) is 26.4. The molecule has 53 heavy (non-hydrogen) atoms. The third kappa shape index (κ3) is 5.91. The van der Waals surface area contributed by atoms with E-state index in [2.05, 4.69) is 140 Å². The largest absolute Gasteiger partial charge is 0.392 e. The van der Waals surface area contributed by atoms with Crippen molar-refractivity contribution in [3.05, 3.63) is 202 Å². The van der Waals surface area contributed by atoms with E-state index in [1.807, 2.05) is 24.3 Å². The zero-order valence-corrected chi connectivity index (χ0v) is 29.6. The van der Waals surface area contributed by atoms with Crippen molar-refractivity contribution in [2.75, 3.05) is 0 Å². The average Bonchev–Trinajstić information content (AvgIpc) is 3.95. The minimum atomic E-state index is -0.852. The highest BCUT2D eigenvalue weighted by molar-refractivity contribution is 5.85. The maximum Gasteiger partial charge on any atom is 0.205 e. The number of fused-ring (bicyclic) bond motifs is 1. The van der Waals surface area contributed by atoms with Crippen LogP contribution in [0.25, 0.3) is 33.4 Å². The summed E-state index contributed by atoms with van der Waals surface area (Å²) in [7, 11) is 0. The van der Waals surface area contributed by atoms with E-state index in [0.717, 1.165) is 74.8 Å². The van der Waals surface area contributed by atoms with Crippen LogP contribution >= 0.6 is 0 Å². The van der Waals surface area contributed by atoms with Crippen LogP contribution in [0.1, 0.15) is 63.4 Å². The smallest absolute Gasteiger partial charge is 0.205 e. The van der Waals surface area contributed by atoms with Crippen molar-refractivity contribution in [2.24, 2.45) is 0 Å². The van der Waals surface area contributed by atoms with Crippen LogP contribution in [-0.4, -0.2) is 30.3 Å². The van der Waals surface area contributed by atoms with Crippen molar-refractivity contribution in [2.45, 2.75) is 44.2 Å². The zero-order chi connectivity index (χ0) is 35.8. The fourth-order valence-corrected chi connectivity index (χ4v) is 7.86. The van der Waals surface area contributed by atoms with Crippen LogP contribution in [0.15, 0.2) is 158 Å². The number of rotatable bonds is 10. The number of nitrogens with zero attached hydrogens (tertiary/aromatic N) is 5. The molecule has 0 unspecified atom stereocenters. The van der Waals surface area contributed by atoms with Crippen molar-refractivity contribution in [3.63, 3.8) is 0 Å². The first-order chi connectivity index (χ1) is 26.1. The van der Waals surface area contributed by atoms with Crippen LogP contribution in [0, 0.1) is 6.92 Å². The van der Waals surface area contributed by atoms with Crippen molar-refractivity contribution in [3.8, 4) is 22.5 Å². The van der Waals surface area contributed by atoms with Gasteiger partial charge in [-0.25, -0.2) is 0 Å². The van der Waals surface area contributed by atoms with Gasteiger partial charge in [0, 0.05) is 22.6 Å². The van der Waals surface area contributed by atoms with Crippen LogP contribution < -0.4 is 0 Å². The van der Waals surface area contributed by atoms with E-state index < -0.39 is 5.54 Å². The lowest BCUT2D eigenvalue weighted by molar-refractivity contribution is 0.282. The highest BCUT2D eigenvalue weighted by Crippen LogP contribution is 2.44. The summed E-state index contributed by atoms with van der Waals surface area (Å²) in [5.74, 6) is 1.02. The third-order valence-corrected chi connectivity index (χ3v) is 10.6. The van der Waals surface area contributed by atoms with E-state index in [9.17, 15) is 5.11 Å². The Kier molecular flexibility index (Phi) is 8.45. The summed E-state index contributed by atoms with van der Waals surface area (Å²) in [6.45, 7) is 2.09. The molecule has 0 atom stereocenters. The summed E-state index contributed by atoms with van der Waals surface area (Å²) >= 11 is 0. The Morgan fingerprint density at radius 3 is 1.83 bits per heavy atom. The molecule has 1 aliphatic rings. The maximum atomic E-state index is 10.6. The van der Waals surface area contributed by atoms with Gasteiger partial charge in [0.05, 0.1) is 12.1 Å². The summed E-state index contributed by atoms with van der Waals surface area (Å²) in [4.78, 5) is 6.91. The van der Waals surface area contributed by atoms with Gasteiger partial charge in [-0.1, -0.05) is 151 Å². The second-order valence-electron chi connectivity index (χ2n) is 14.0. The molecule has 1 aliphatic carbocycles. The highest BCUT2D eigenvalue weighted by Gasteiger charge is 2.41. The predicted octanol–water partition coefficient (Wildman–Crippen LogP) is 9.66. The molecule has 0 bridgehead atoms. The number of pyridine rings is 1. The molecule has 6 aromatic carbocycles. The number of tetrazole rings is 1. The second kappa shape index (κ2) is 13.7. The van der Waals surface area contributed by atoms with Gasteiger partial charge in [-0.05, 0) is 88.0 Å². The Labute approximate surface area is 309 Å². The van der Waals surface area contributed by atoms with Gasteiger partial charge in [0.1, 0.15) is 0 Å². The molecule has 0 spiro atoms. The molecule has 1 N–H and O–H groups in total.